The molecule has 0 spiro atoms. The average molecular weight is 737 g/mol. The van der Waals surface area contributed by atoms with E-state index in [0.717, 1.165) is 19.5 Å². The lowest BCUT2D eigenvalue weighted by atomic mass is 10.0. The van der Waals surface area contributed by atoms with Gasteiger partial charge in [0.15, 0.2) is 0 Å². The molecule has 1 saturated carbocycles. The molecule has 15 nitrogen and oxygen atoms in total. The van der Waals surface area contributed by atoms with Crippen LogP contribution in [0, 0.1) is 17.8 Å². The van der Waals surface area contributed by atoms with E-state index in [9.17, 15) is 24.0 Å². The first-order valence-electron chi connectivity index (χ1n) is 18.5. The second kappa shape index (κ2) is 15.4. The summed E-state index contributed by atoms with van der Waals surface area (Å²) in [5, 5.41) is 8.26. The van der Waals surface area contributed by atoms with Crippen molar-refractivity contribution in [3.05, 3.63) is 52.6 Å². The van der Waals surface area contributed by atoms with Crippen molar-refractivity contribution in [3.8, 4) is 5.69 Å². The van der Waals surface area contributed by atoms with Crippen LogP contribution in [0.2, 0.25) is 0 Å². The Morgan fingerprint density at radius 1 is 0.830 bits per heavy atom. The first kappa shape index (κ1) is 39.5. The number of nitrogens with one attached hydrogen (secondary N) is 3. The van der Waals surface area contributed by atoms with E-state index >= 15 is 0 Å². The standard InChI is InChI=1S/C38H56N8O7/c1-24(45-22-28-27(29(28)23-45)21-39-34(50)52-36(2,3)4)20-25-10-12-26(13-11-25)46-15-14-30(41-33(46)49)40-32(48)44-18-16-43(17-19-44)31(47)38(8,9)42-35(51)53-37(5,6)7/h10-15,24,27-29H,16-23H2,1-9H3,(H,39,50)(H,42,51)(H,40,41,48,49). The van der Waals surface area contributed by atoms with Crippen LogP contribution in [0.5, 0.6) is 0 Å². The zero-order chi connectivity index (χ0) is 38.9. The van der Waals surface area contributed by atoms with Crippen LogP contribution in [0.25, 0.3) is 5.69 Å². The summed E-state index contributed by atoms with van der Waals surface area (Å²) in [5.41, 5.74) is -1.07. The molecule has 3 fully saturated rings. The number of rotatable bonds is 9. The van der Waals surface area contributed by atoms with Gasteiger partial charge in [0, 0.05) is 58.1 Å². The summed E-state index contributed by atoms with van der Waals surface area (Å²) in [4.78, 5) is 73.2. The van der Waals surface area contributed by atoms with E-state index in [-0.39, 0.29) is 44.0 Å². The molecule has 3 unspecified atom stereocenters. The predicted molar refractivity (Wildman–Crippen MR) is 200 cm³/mol. The van der Waals surface area contributed by atoms with Crippen molar-refractivity contribution in [2.45, 2.75) is 91.5 Å². The van der Waals surface area contributed by atoms with Crippen LogP contribution in [-0.2, 0) is 20.7 Å². The van der Waals surface area contributed by atoms with Gasteiger partial charge >= 0.3 is 23.9 Å². The van der Waals surface area contributed by atoms with Gasteiger partial charge in [-0.3, -0.25) is 19.6 Å². The minimum absolute atomic E-state index is 0.134. The number of carbonyl (C=O) groups is 4. The van der Waals surface area contributed by atoms with Crippen molar-refractivity contribution in [1.29, 1.82) is 0 Å². The molecule has 1 aromatic heterocycles. The number of piperazine rings is 1. The van der Waals surface area contributed by atoms with Gasteiger partial charge in [0.05, 0.1) is 5.69 Å². The number of piperidine rings is 1. The fourth-order valence-corrected chi connectivity index (χ4v) is 7.10. The summed E-state index contributed by atoms with van der Waals surface area (Å²) in [7, 11) is 0. The number of likely N-dealkylation sites (tertiary alicyclic amines) is 1. The van der Waals surface area contributed by atoms with Crippen LogP contribution < -0.4 is 21.6 Å². The van der Waals surface area contributed by atoms with Gasteiger partial charge in [-0.2, -0.15) is 4.98 Å². The first-order chi connectivity index (χ1) is 24.7. The molecule has 53 heavy (non-hydrogen) atoms. The third-order valence-electron chi connectivity index (χ3n) is 9.89. The molecule has 1 aliphatic carbocycles. The normalized spacial score (nSPS) is 21.0. The number of benzene rings is 1. The highest BCUT2D eigenvalue weighted by Gasteiger charge is 2.55. The summed E-state index contributed by atoms with van der Waals surface area (Å²) in [6.07, 6.45) is 1.43. The van der Waals surface area contributed by atoms with Crippen LogP contribution >= 0.6 is 0 Å². The SMILES string of the molecule is CC(Cc1ccc(-n2ccc(NC(=O)N3CCN(C(=O)C(C)(C)NC(=O)OC(C)(C)C)CC3)nc2=O)cc1)N1CC2C(CNC(=O)OC(C)(C)C)C2C1. The Morgan fingerprint density at radius 3 is 1.96 bits per heavy atom. The van der Waals surface area contributed by atoms with Crippen molar-refractivity contribution in [2.75, 3.05) is 51.1 Å². The van der Waals surface area contributed by atoms with E-state index in [4.69, 9.17) is 9.47 Å². The summed E-state index contributed by atoms with van der Waals surface area (Å²) in [5.74, 6) is 1.59. The van der Waals surface area contributed by atoms with E-state index in [1.165, 1.54) is 10.1 Å². The van der Waals surface area contributed by atoms with Crippen molar-refractivity contribution < 1.29 is 28.7 Å². The Morgan fingerprint density at radius 2 is 1.40 bits per heavy atom. The van der Waals surface area contributed by atoms with Crippen molar-refractivity contribution >= 4 is 29.9 Å². The Hall–Kier alpha value is -4.66. The summed E-state index contributed by atoms with van der Waals surface area (Å²) in [6.45, 7) is 20.1. The zero-order valence-corrected chi connectivity index (χ0v) is 32.5. The summed E-state index contributed by atoms with van der Waals surface area (Å²) < 4.78 is 12.1. The largest absolute Gasteiger partial charge is 0.444 e. The zero-order valence-electron chi connectivity index (χ0n) is 32.5. The lowest BCUT2D eigenvalue weighted by Crippen LogP contribution is -2.60. The molecule has 0 radical (unpaired) electrons. The molecule has 1 aromatic carbocycles. The minimum atomic E-state index is -1.19. The molecule has 0 bridgehead atoms. The first-order valence-corrected chi connectivity index (χ1v) is 18.5. The summed E-state index contributed by atoms with van der Waals surface area (Å²) >= 11 is 0. The topological polar surface area (TPSA) is 167 Å². The minimum Gasteiger partial charge on any atom is -0.444 e. The van der Waals surface area contributed by atoms with Gasteiger partial charge in [0.2, 0.25) is 5.91 Å². The average Bonchev–Trinajstić information content (AvgIpc) is 3.49. The van der Waals surface area contributed by atoms with Crippen LogP contribution in [0.15, 0.2) is 41.3 Å². The second-order valence-electron chi connectivity index (χ2n) is 17.0. The number of amides is 5. The number of urea groups is 1. The molecule has 3 atom stereocenters. The summed E-state index contributed by atoms with van der Waals surface area (Å²) in [6, 6.07) is 9.36. The molecule has 5 amide bonds. The Labute approximate surface area is 311 Å². The van der Waals surface area contributed by atoms with Gasteiger partial charge in [-0.25, -0.2) is 19.2 Å². The van der Waals surface area contributed by atoms with Crippen molar-refractivity contribution in [1.82, 2.24) is 34.9 Å². The molecule has 3 heterocycles. The highest BCUT2D eigenvalue weighted by Crippen LogP contribution is 2.51. The van der Waals surface area contributed by atoms with E-state index in [1.54, 1.807) is 56.7 Å². The third-order valence-corrected chi connectivity index (χ3v) is 9.89. The molecule has 3 N–H and O–H groups in total. The molecular formula is C38H56N8O7. The fraction of sp³-hybridized carbons (Fsp3) is 0.632. The number of hydrogen-bond acceptors (Lipinski definition) is 9. The van der Waals surface area contributed by atoms with Gasteiger partial charge in [-0.1, -0.05) is 12.1 Å². The quantitative estimate of drug-likeness (QED) is 0.347. The van der Waals surface area contributed by atoms with E-state index in [2.05, 4.69) is 32.8 Å². The molecule has 3 aliphatic rings. The molecule has 2 aliphatic heterocycles. The molecule has 5 rings (SSSR count). The maximum Gasteiger partial charge on any atom is 0.408 e. The van der Waals surface area contributed by atoms with Crippen LogP contribution in [0.4, 0.5) is 20.2 Å². The van der Waals surface area contributed by atoms with Crippen LogP contribution in [0.1, 0.15) is 67.9 Å². The number of hydrogen-bond donors (Lipinski definition) is 3. The number of anilines is 1. The number of ether oxygens (including phenoxy) is 2. The molecular weight excluding hydrogens is 680 g/mol. The maximum absolute atomic E-state index is 13.2. The Kier molecular flexibility index (Phi) is 11.5. The fourth-order valence-electron chi connectivity index (χ4n) is 7.10. The molecule has 15 heteroatoms. The van der Waals surface area contributed by atoms with Crippen molar-refractivity contribution in [3.63, 3.8) is 0 Å². The third kappa shape index (κ3) is 10.5. The number of nitrogens with zero attached hydrogens (tertiary/aromatic N) is 5. The van der Waals surface area contributed by atoms with Gasteiger partial charge in [0.1, 0.15) is 22.6 Å². The highest BCUT2D eigenvalue weighted by atomic mass is 16.6. The van der Waals surface area contributed by atoms with Gasteiger partial charge in [0.25, 0.3) is 0 Å². The van der Waals surface area contributed by atoms with Gasteiger partial charge in [-0.05, 0) is 110 Å². The van der Waals surface area contributed by atoms with Crippen molar-refractivity contribution in [2.24, 2.45) is 17.8 Å². The smallest absolute Gasteiger partial charge is 0.408 e. The number of fused-ring (bicyclic) bond motifs is 1. The Bertz CT molecular complexity index is 1710. The lowest BCUT2D eigenvalue weighted by Gasteiger charge is -2.38. The molecule has 290 valence electrons. The van der Waals surface area contributed by atoms with Crippen LogP contribution in [-0.4, -0.2) is 117 Å². The monoisotopic (exact) mass is 736 g/mol. The lowest BCUT2D eigenvalue weighted by molar-refractivity contribution is -0.138. The van der Waals surface area contributed by atoms with E-state index in [0.29, 0.717) is 36.0 Å². The van der Waals surface area contributed by atoms with Gasteiger partial charge < -0.3 is 29.9 Å². The predicted octanol–water partition coefficient (Wildman–Crippen LogP) is 3.85. The number of aromatic nitrogens is 2. The maximum atomic E-state index is 13.2. The number of alkyl carbamates (subject to hydrolysis) is 2. The highest BCUT2D eigenvalue weighted by molar-refractivity contribution is 5.90. The van der Waals surface area contributed by atoms with E-state index in [1.807, 2.05) is 45.0 Å². The second-order valence-corrected chi connectivity index (χ2v) is 17.0. The number of carbonyl (C=O) groups excluding carboxylic acids is 4. The molecule has 2 saturated heterocycles. The molecule has 2 aromatic rings. The van der Waals surface area contributed by atoms with Gasteiger partial charge in [-0.15, -0.1) is 0 Å². The van der Waals surface area contributed by atoms with E-state index < -0.39 is 34.6 Å². The van der Waals surface area contributed by atoms with Crippen LogP contribution in [0.3, 0.4) is 0 Å². The Balaban J connectivity index is 1.05.